The molecule has 2 atom stereocenters. The van der Waals surface area contributed by atoms with Crippen molar-refractivity contribution in [2.24, 2.45) is 5.92 Å². The quantitative estimate of drug-likeness (QED) is 0.693. The highest BCUT2D eigenvalue weighted by Gasteiger charge is 2.53. The van der Waals surface area contributed by atoms with Gasteiger partial charge < -0.3 is 4.79 Å². The Morgan fingerprint density at radius 3 is 2.00 bits per heavy atom. The van der Waals surface area contributed by atoms with Gasteiger partial charge in [-0.2, -0.15) is 0 Å². The maximum atomic E-state index is 11.2. The SMILES string of the molecule is CC[C@]1(c2cc(C(C)C)cc(C(C)C)c2)CC1C=O. The van der Waals surface area contributed by atoms with Crippen LogP contribution in [-0.4, -0.2) is 6.29 Å². The Morgan fingerprint density at radius 2 is 1.68 bits per heavy atom. The first-order valence-electron chi connectivity index (χ1n) is 7.55. The van der Waals surface area contributed by atoms with E-state index in [2.05, 4.69) is 52.8 Å². The topological polar surface area (TPSA) is 17.1 Å². The predicted molar refractivity (Wildman–Crippen MR) is 80.8 cm³/mol. The second-order valence-electron chi connectivity index (χ2n) is 6.65. The van der Waals surface area contributed by atoms with Gasteiger partial charge in [-0.25, -0.2) is 0 Å². The van der Waals surface area contributed by atoms with Crippen LogP contribution in [0.15, 0.2) is 18.2 Å². The lowest BCUT2D eigenvalue weighted by molar-refractivity contribution is -0.109. The number of hydrogen-bond acceptors (Lipinski definition) is 1. The van der Waals surface area contributed by atoms with Gasteiger partial charge in [-0.1, -0.05) is 52.8 Å². The zero-order chi connectivity index (χ0) is 14.2. The lowest BCUT2D eigenvalue weighted by Gasteiger charge is -2.20. The summed E-state index contributed by atoms with van der Waals surface area (Å²) >= 11 is 0. The summed E-state index contributed by atoms with van der Waals surface area (Å²) in [5.74, 6) is 1.32. The molecule has 19 heavy (non-hydrogen) atoms. The summed E-state index contributed by atoms with van der Waals surface area (Å²) in [7, 11) is 0. The fraction of sp³-hybridized carbons (Fsp3) is 0.611. The standard InChI is InChI=1S/C18H26O/c1-6-18(10-17(18)11-19)16-8-14(12(2)3)7-15(9-16)13(4)5/h7-9,11-13,17H,6,10H2,1-5H3/t17?,18-/m1/s1. The number of carbonyl (C=O) groups excluding carboxylic acids is 1. The molecule has 0 aliphatic heterocycles. The summed E-state index contributed by atoms with van der Waals surface area (Å²) < 4.78 is 0. The molecule has 0 aromatic heterocycles. The molecule has 0 saturated heterocycles. The van der Waals surface area contributed by atoms with Gasteiger partial charge >= 0.3 is 0 Å². The molecule has 0 radical (unpaired) electrons. The van der Waals surface area contributed by atoms with Gasteiger partial charge in [0.05, 0.1) is 0 Å². The van der Waals surface area contributed by atoms with Gasteiger partial charge in [0, 0.05) is 11.3 Å². The highest BCUT2D eigenvalue weighted by molar-refractivity contribution is 5.65. The molecule has 2 rings (SSSR count). The van der Waals surface area contributed by atoms with Crippen LogP contribution in [-0.2, 0) is 10.2 Å². The molecule has 0 amide bonds. The highest BCUT2D eigenvalue weighted by atomic mass is 16.1. The largest absolute Gasteiger partial charge is 0.303 e. The summed E-state index contributed by atoms with van der Waals surface area (Å²) in [5.41, 5.74) is 4.34. The zero-order valence-corrected chi connectivity index (χ0v) is 12.9. The molecule has 104 valence electrons. The Morgan fingerprint density at radius 1 is 1.16 bits per heavy atom. The van der Waals surface area contributed by atoms with Crippen LogP contribution in [0.4, 0.5) is 0 Å². The molecule has 1 aromatic carbocycles. The fourth-order valence-corrected chi connectivity index (χ4v) is 3.09. The number of carbonyl (C=O) groups is 1. The van der Waals surface area contributed by atoms with Crippen molar-refractivity contribution in [1.82, 2.24) is 0 Å². The van der Waals surface area contributed by atoms with E-state index in [0.717, 1.165) is 19.1 Å². The Bertz CT molecular complexity index is 446. The number of aldehydes is 1. The highest BCUT2D eigenvalue weighted by Crippen LogP contribution is 2.56. The Labute approximate surface area is 117 Å². The first-order chi connectivity index (χ1) is 8.94. The summed E-state index contributed by atoms with van der Waals surface area (Å²) in [6, 6.07) is 7.01. The van der Waals surface area contributed by atoms with E-state index in [1.807, 2.05) is 0 Å². The van der Waals surface area contributed by atoms with Crippen LogP contribution in [0.5, 0.6) is 0 Å². The monoisotopic (exact) mass is 258 g/mol. The third-order valence-corrected chi connectivity index (χ3v) is 4.81. The van der Waals surface area contributed by atoms with Crippen LogP contribution in [0.1, 0.15) is 76.0 Å². The van der Waals surface area contributed by atoms with E-state index < -0.39 is 0 Å². The molecule has 1 heteroatoms. The summed E-state index contributed by atoms with van der Waals surface area (Å²) in [6.45, 7) is 11.2. The van der Waals surface area contributed by atoms with E-state index in [-0.39, 0.29) is 11.3 Å². The summed E-state index contributed by atoms with van der Waals surface area (Å²) in [6.07, 6.45) is 3.25. The maximum absolute atomic E-state index is 11.2. The van der Waals surface area contributed by atoms with Gasteiger partial charge in [0.15, 0.2) is 0 Å². The van der Waals surface area contributed by atoms with Gasteiger partial charge in [-0.05, 0) is 41.4 Å². The lowest BCUT2D eigenvalue weighted by atomic mass is 9.84. The summed E-state index contributed by atoms with van der Waals surface area (Å²) in [4.78, 5) is 11.2. The second-order valence-corrected chi connectivity index (χ2v) is 6.65. The third-order valence-electron chi connectivity index (χ3n) is 4.81. The van der Waals surface area contributed by atoms with Gasteiger partial charge in [0.2, 0.25) is 0 Å². The van der Waals surface area contributed by atoms with Crippen molar-refractivity contribution < 1.29 is 4.79 Å². The van der Waals surface area contributed by atoms with Gasteiger partial charge in [0.25, 0.3) is 0 Å². The van der Waals surface area contributed by atoms with Crippen molar-refractivity contribution in [3.05, 3.63) is 34.9 Å². The van der Waals surface area contributed by atoms with E-state index in [0.29, 0.717) is 11.8 Å². The minimum atomic E-state index is 0.135. The molecule has 1 aromatic rings. The molecule has 1 aliphatic rings. The van der Waals surface area contributed by atoms with Crippen molar-refractivity contribution >= 4 is 6.29 Å². The molecule has 0 bridgehead atoms. The molecule has 0 N–H and O–H groups in total. The minimum absolute atomic E-state index is 0.135. The van der Waals surface area contributed by atoms with Gasteiger partial charge in [0.1, 0.15) is 6.29 Å². The molecule has 1 nitrogen and oxygen atoms in total. The molecule has 1 saturated carbocycles. The van der Waals surface area contributed by atoms with E-state index in [1.54, 1.807) is 0 Å². The maximum Gasteiger partial charge on any atom is 0.123 e. The van der Waals surface area contributed by atoms with Crippen molar-refractivity contribution in [2.75, 3.05) is 0 Å². The Hall–Kier alpha value is -1.11. The minimum Gasteiger partial charge on any atom is -0.303 e. The van der Waals surface area contributed by atoms with E-state index >= 15 is 0 Å². The Balaban J connectivity index is 2.48. The van der Waals surface area contributed by atoms with Crippen molar-refractivity contribution in [1.29, 1.82) is 0 Å². The normalized spacial score (nSPS) is 25.9. The van der Waals surface area contributed by atoms with Crippen molar-refractivity contribution in [2.45, 2.75) is 64.7 Å². The molecule has 1 aliphatic carbocycles. The predicted octanol–water partition coefficient (Wildman–Crippen LogP) is 4.80. The lowest BCUT2D eigenvalue weighted by Crippen LogP contribution is -2.11. The summed E-state index contributed by atoms with van der Waals surface area (Å²) in [5, 5.41) is 0. The smallest absolute Gasteiger partial charge is 0.123 e. The van der Waals surface area contributed by atoms with Gasteiger partial charge in [-0.15, -0.1) is 0 Å². The zero-order valence-electron chi connectivity index (χ0n) is 12.9. The molecule has 1 fully saturated rings. The molecule has 0 heterocycles. The van der Waals surface area contributed by atoms with Gasteiger partial charge in [-0.3, -0.25) is 0 Å². The van der Waals surface area contributed by atoms with Crippen molar-refractivity contribution in [3.8, 4) is 0 Å². The average Bonchev–Trinajstić information content (AvgIpc) is 3.13. The number of rotatable bonds is 5. The van der Waals surface area contributed by atoms with E-state index in [9.17, 15) is 4.79 Å². The number of hydrogen-bond donors (Lipinski definition) is 0. The first kappa shape index (κ1) is 14.3. The van der Waals surface area contributed by atoms with E-state index in [1.165, 1.54) is 16.7 Å². The van der Waals surface area contributed by atoms with Crippen molar-refractivity contribution in [3.63, 3.8) is 0 Å². The van der Waals surface area contributed by atoms with Crippen LogP contribution in [0, 0.1) is 5.92 Å². The fourth-order valence-electron chi connectivity index (χ4n) is 3.09. The molecular weight excluding hydrogens is 232 g/mol. The molecular formula is C18H26O. The number of benzene rings is 1. The van der Waals surface area contributed by atoms with Crippen LogP contribution in [0.25, 0.3) is 0 Å². The third kappa shape index (κ3) is 2.48. The average molecular weight is 258 g/mol. The van der Waals surface area contributed by atoms with E-state index in [4.69, 9.17) is 0 Å². The van der Waals surface area contributed by atoms with Crippen LogP contribution in [0.2, 0.25) is 0 Å². The van der Waals surface area contributed by atoms with Crippen LogP contribution >= 0.6 is 0 Å². The molecule has 1 unspecified atom stereocenters. The second kappa shape index (κ2) is 5.11. The van der Waals surface area contributed by atoms with Crippen LogP contribution < -0.4 is 0 Å². The first-order valence-corrected chi connectivity index (χ1v) is 7.55. The van der Waals surface area contributed by atoms with Crippen LogP contribution in [0.3, 0.4) is 0 Å². The Kier molecular flexibility index (Phi) is 3.85. The molecule has 0 spiro atoms.